The molecule has 228 valence electrons. The molecule has 2 heterocycles. The summed E-state index contributed by atoms with van der Waals surface area (Å²) in [4.78, 5) is 48.5. The highest BCUT2D eigenvalue weighted by Gasteiger charge is 2.53. The Morgan fingerprint density at radius 2 is 1.53 bits per heavy atom. The first-order valence-corrected chi connectivity index (χ1v) is 14.0. The first-order valence-electron chi connectivity index (χ1n) is 13.6. The van der Waals surface area contributed by atoms with Gasteiger partial charge in [-0.3, -0.25) is 19.2 Å². The van der Waals surface area contributed by atoms with Gasteiger partial charge in [-0.2, -0.15) is 5.26 Å². The van der Waals surface area contributed by atoms with Gasteiger partial charge in [0.2, 0.25) is 0 Å². The zero-order chi connectivity index (χ0) is 31.4. The molecule has 1 saturated heterocycles. The van der Waals surface area contributed by atoms with Gasteiger partial charge in [-0.1, -0.05) is 24.4 Å². The van der Waals surface area contributed by atoms with Gasteiger partial charge in [-0.15, -0.1) is 0 Å². The van der Waals surface area contributed by atoms with Crippen LogP contribution in [0.1, 0.15) is 57.2 Å². The number of hydrogen-bond acceptors (Lipinski definition) is 12. The minimum Gasteiger partial charge on any atom is -0.497 e. The van der Waals surface area contributed by atoms with Crippen LogP contribution in [0.25, 0.3) is 11.1 Å². The van der Waals surface area contributed by atoms with E-state index in [-0.39, 0.29) is 16.8 Å². The summed E-state index contributed by atoms with van der Waals surface area (Å²) in [7, 11) is 1.56. The molecular weight excluding hydrogens is 580 g/mol. The van der Waals surface area contributed by atoms with Gasteiger partial charge in [0.25, 0.3) is 0 Å². The summed E-state index contributed by atoms with van der Waals surface area (Å²) in [5.74, 6) is -2.17. The average Bonchev–Trinajstić information content (AvgIpc) is 3.42. The number of nitrogens with zero attached hydrogens (tertiary/aromatic N) is 2. The second-order valence-corrected chi connectivity index (χ2v) is 10.5. The lowest BCUT2D eigenvalue weighted by Gasteiger charge is -2.45. The molecule has 1 aromatic carbocycles. The molecular formula is C30H32N2O10S. The summed E-state index contributed by atoms with van der Waals surface area (Å²) in [6.45, 7) is 4.30. The lowest BCUT2D eigenvalue weighted by molar-refractivity contribution is -0.269. The zero-order valence-corrected chi connectivity index (χ0v) is 25.2. The van der Waals surface area contributed by atoms with Crippen LogP contribution in [0.3, 0.4) is 0 Å². The number of methoxy groups -OCH3 is 1. The highest BCUT2D eigenvalue weighted by atomic mass is 32.1. The molecule has 5 atom stereocenters. The van der Waals surface area contributed by atoms with Crippen molar-refractivity contribution >= 4 is 36.1 Å². The summed E-state index contributed by atoms with van der Waals surface area (Å²) in [5, 5.41) is 10.4. The van der Waals surface area contributed by atoms with E-state index < -0.39 is 54.5 Å². The Kier molecular flexibility index (Phi) is 9.83. The van der Waals surface area contributed by atoms with Crippen molar-refractivity contribution in [1.82, 2.24) is 4.57 Å². The number of carbonyl (C=O) groups is 4. The van der Waals surface area contributed by atoms with E-state index in [2.05, 4.69) is 6.07 Å². The topological polar surface area (TPSA) is 152 Å². The third-order valence-corrected chi connectivity index (χ3v) is 7.58. The Labute approximate surface area is 253 Å². The van der Waals surface area contributed by atoms with Crippen molar-refractivity contribution in [3.05, 3.63) is 45.7 Å². The van der Waals surface area contributed by atoms with E-state index in [1.165, 1.54) is 13.8 Å². The molecule has 2 aromatic rings. The highest BCUT2D eigenvalue weighted by molar-refractivity contribution is 7.71. The first-order chi connectivity index (χ1) is 20.5. The average molecular weight is 613 g/mol. The number of aromatic nitrogens is 1. The van der Waals surface area contributed by atoms with Crippen LogP contribution in [0.5, 0.6) is 5.75 Å². The third kappa shape index (κ3) is 6.71. The van der Waals surface area contributed by atoms with E-state index in [9.17, 15) is 24.4 Å². The van der Waals surface area contributed by atoms with Gasteiger partial charge in [0.15, 0.2) is 24.5 Å². The fraction of sp³-hybridized carbons (Fsp3) is 0.467. The Morgan fingerprint density at radius 3 is 2.09 bits per heavy atom. The lowest BCUT2D eigenvalue weighted by atomic mass is 9.93. The number of hydrogen-bond donors (Lipinski definition) is 0. The maximum Gasteiger partial charge on any atom is 0.303 e. The lowest BCUT2D eigenvalue weighted by Crippen LogP contribution is -2.60. The zero-order valence-electron chi connectivity index (χ0n) is 24.4. The largest absolute Gasteiger partial charge is 0.497 e. The molecule has 1 aliphatic carbocycles. The quantitative estimate of drug-likeness (QED) is 0.244. The predicted octanol–water partition coefficient (Wildman–Crippen LogP) is 3.51. The Hall–Kier alpha value is -4.28. The van der Waals surface area contributed by atoms with Gasteiger partial charge in [0.1, 0.15) is 29.2 Å². The van der Waals surface area contributed by atoms with Gasteiger partial charge < -0.3 is 33.0 Å². The fourth-order valence-electron chi connectivity index (χ4n) is 5.63. The number of benzene rings is 1. The highest BCUT2D eigenvalue weighted by Crippen LogP contribution is 2.42. The van der Waals surface area contributed by atoms with Crippen molar-refractivity contribution < 1.29 is 47.6 Å². The molecule has 0 saturated carbocycles. The molecule has 12 nitrogen and oxygen atoms in total. The maximum absolute atomic E-state index is 12.4. The van der Waals surface area contributed by atoms with Crippen molar-refractivity contribution in [1.29, 1.82) is 5.26 Å². The van der Waals surface area contributed by atoms with Crippen molar-refractivity contribution in [2.45, 2.75) is 77.6 Å². The summed E-state index contributed by atoms with van der Waals surface area (Å²) in [5.41, 5.74) is 3.27. The standard InChI is InChI=1S/C30H32N2O10S/c1-15(33)38-14-24-26(39-16(2)34)27(40-17(3)35)28(41-18(4)36)29(42-24)32-23-8-6-7-21(23)25(22(13-31)30(32)43)19-9-11-20(37-5)12-10-19/h9-12,24,26-29H,6-8,14H2,1-5H3/t24-,26+,27-,28-,29+/m0/s1. The molecule has 0 N–H and O–H groups in total. The Morgan fingerprint density at radius 1 is 0.930 bits per heavy atom. The van der Waals surface area contributed by atoms with Crippen LogP contribution in [-0.4, -0.2) is 66.6 Å². The monoisotopic (exact) mass is 612 g/mol. The molecule has 0 amide bonds. The van der Waals surface area contributed by atoms with Crippen LogP contribution in [0, 0.1) is 16.0 Å². The maximum atomic E-state index is 12.4. The predicted molar refractivity (Wildman–Crippen MR) is 151 cm³/mol. The first kappa shape index (κ1) is 31.7. The van der Waals surface area contributed by atoms with Crippen LogP contribution in [0.15, 0.2) is 24.3 Å². The molecule has 0 unspecified atom stereocenters. The molecule has 13 heteroatoms. The van der Waals surface area contributed by atoms with Gasteiger partial charge >= 0.3 is 23.9 Å². The van der Waals surface area contributed by atoms with Crippen molar-refractivity contribution in [3.8, 4) is 22.9 Å². The minimum absolute atomic E-state index is 0.106. The number of fused-ring (bicyclic) bond motifs is 1. The van der Waals surface area contributed by atoms with E-state index in [1.807, 2.05) is 12.1 Å². The molecule has 43 heavy (non-hydrogen) atoms. The van der Waals surface area contributed by atoms with Crippen LogP contribution < -0.4 is 4.74 Å². The number of pyridine rings is 1. The van der Waals surface area contributed by atoms with E-state index in [1.54, 1.807) is 23.8 Å². The SMILES string of the molecule is COc1ccc(-c2c3c(n([C@@H]4O[C@@H](COC(C)=O)[C@@H](OC(C)=O)[C@H](OC(C)=O)[C@@H]4OC(C)=O)c(=S)c2C#N)CCC3)cc1. The fourth-order valence-corrected chi connectivity index (χ4v) is 5.99. The Balaban J connectivity index is 1.96. The minimum atomic E-state index is -1.37. The van der Waals surface area contributed by atoms with Gasteiger partial charge in [-0.25, -0.2) is 0 Å². The molecule has 0 spiro atoms. The number of nitriles is 1. The molecule has 1 fully saturated rings. The third-order valence-electron chi connectivity index (χ3n) is 7.18. The van der Waals surface area contributed by atoms with Crippen LogP contribution >= 0.6 is 12.2 Å². The summed E-state index contributed by atoms with van der Waals surface area (Å²) >= 11 is 5.90. The van der Waals surface area contributed by atoms with E-state index in [0.29, 0.717) is 24.2 Å². The second-order valence-electron chi connectivity index (χ2n) is 10.1. The number of ether oxygens (including phenoxy) is 6. The summed E-state index contributed by atoms with van der Waals surface area (Å²) in [6.07, 6.45) is -4.49. The van der Waals surface area contributed by atoms with E-state index >= 15 is 0 Å². The molecule has 1 aromatic heterocycles. The van der Waals surface area contributed by atoms with Gasteiger partial charge in [-0.05, 0) is 42.5 Å². The van der Waals surface area contributed by atoms with E-state index in [0.717, 1.165) is 37.1 Å². The number of rotatable bonds is 8. The molecule has 1 aliphatic heterocycles. The van der Waals surface area contributed by atoms with Crippen molar-refractivity contribution in [3.63, 3.8) is 0 Å². The van der Waals surface area contributed by atoms with Gasteiger partial charge in [0.05, 0.1) is 12.7 Å². The Bertz CT molecular complexity index is 1530. The van der Waals surface area contributed by atoms with Crippen LogP contribution in [0.2, 0.25) is 0 Å². The van der Waals surface area contributed by atoms with Crippen LogP contribution in [0.4, 0.5) is 0 Å². The normalized spacial score (nSPS) is 22.5. The molecule has 0 bridgehead atoms. The second kappa shape index (κ2) is 13.4. The molecule has 4 rings (SSSR count). The summed E-state index contributed by atoms with van der Waals surface area (Å²) in [6, 6.07) is 9.52. The molecule has 0 radical (unpaired) electrons. The number of carbonyl (C=O) groups excluding carboxylic acids is 4. The summed E-state index contributed by atoms with van der Waals surface area (Å²) < 4.78 is 35.4. The van der Waals surface area contributed by atoms with Crippen molar-refractivity contribution in [2.24, 2.45) is 0 Å². The van der Waals surface area contributed by atoms with Gasteiger partial charge in [0, 0.05) is 39.0 Å². The van der Waals surface area contributed by atoms with E-state index in [4.69, 9.17) is 40.6 Å². The number of esters is 4. The smallest absolute Gasteiger partial charge is 0.303 e. The van der Waals surface area contributed by atoms with Crippen LogP contribution in [-0.2, 0) is 55.7 Å². The van der Waals surface area contributed by atoms with Crippen molar-refractivity contribution in [2.75, 3.05) is 13.7 Å². The molecule has 2 aliphatic rings.